The van der Waals surface area contributed by atoms with Crippen molar-refractivity contribution in [1.29, 1.82) is 0 Å². The van der Waals surface area contributed by atoms with E-state index < -0.39 is 11.6 Å². The number of nitrogens with zero attached hydrogens (tertiary/aromatic N) is 1. The third kappa shape index (κ3) is 4.93. The molecule has 6 nitrogen and oxygen atoms in total. The molecule has 27 heavy (non-hydrogen) atoms. The van der Waals surface area contributed by atoms with Gasteiger partial charge in [-0.05, 0) is 63.3 Å². The van der Waals surface area contributed by atoms with E-state index in [0.717, 1.165) is 43.4 Å². The Kier molecular flexibility index (Phi) is 5.63. The van der Waals surface area contributed by atoms with Crippen molar-refractivity contribution in [3.63, 3.8) is 0 Å². The number of rotatable bonds is 4. The van der Waals surface area contributed by atoms with E-state index in [4.69, 9.17) is 9.47 Å². The second-order valence-corrected chi connectivity index (χ2v) is 8.49. The lowest BCUT2D eigenvalue weighted by molar-refractivity contribution is 0.0275. The molecule has 1 atom stereocenters. The molecule has 6 heteroatoms. The number of likely N-dealkylation sites (tertiary alicyclic amines) is 1. The van der Waals surface area contributed by atoms with Crippen LogP contribution in [0.15, 0.2) is 18.2 Å². The number of carbonyl (C=O) groups excluding carboxylic acids is 1. The second kappa shape index (κ2) is 7.79. The van der Waals surface area contributed by atoms with Gasteiger partial charge in [-0.1, -0.05) is 12.8 Å². The third-order valence-electron chi connectivity index (χ3n) is 5.14. The first-order valence-electron chi connectivity index (χ1n) is 9.75. The van der Waals surface area contributed by atoms with Crippen LogP contribution < -0.4 is 4.74 Å². The van der Waals surface area contributed by atoms with Gasteiger partial charge in [-0.3, -0.25) is 0 Å². The molecular weight excluding hydrogens is 346 g/mol. The van der Waals surface area contributed by atoms with E-state index in [1.165, 1.54) is 0 Å². The third-order valence-corrected chi connectivity index (χ3v) is 5.14. The molecule has 1 saturated heterocycles. The van der Waals surface area contributed by atoms with E-state index in [0.29, 0.717) is 24.6 Å². The summed E-state index contributed by atoms with van der Waals surface area (Å²) >= 11 is 0. The van der Waals surface area contributed by atoms with E-state index in [2.05, 4.69) is 0 Å². The lowest BCUT2D eigenvalue weighted by atomic mass is 9.95. The zero-order chi connectivity index (χ0) is 19.6. The summed E-state index contributed by atoms with van der Waals surface area (Å²) in [6.45, 7) is 6.65. The number of aromatic carboxylic acids is 1. The van der Waals surface area contributed by atoms with Gasteiger partial charge in [0.15, 0.2) is 0 Å². The predicted octanol–water partition coefficient (Wildman–Crippen LogP) is 4.43. The number of carboxylic acids is 1. The van der Waals surface area contributed by atoms with Crippen molar-refractivity contribution < 1.29 is 24.2 Å². The predicted molar refractivity (Wildman–Crippen MR) is 101 cm³/mol. The highest BCUT2D eigenvalue weighted by Gasteiger charge is 2.32. The van der Waals surface area contributed by atoms with Gasteiger partial charge >= 0.3 is 12.1 Å². The normalized spacial score (nSPS) is 20.7. The van der Waals surface area contributed by atoms with Gasteiger partial charge in [0.2, 0.25) is 0 Å². The largest absolute Gasteiger partial charge is 0.488 e. The summed E-state index contributed by atoms with van der Waals surface area (Å²) in [5.41, 5.74) is 0.771. The summed E-state index contributed by atoms with van der Waals surface area (Å²) in [5.74, 6) is 0.184. The maximum absolute atomic E-state index is 12.2. The number of hydrogen-bond acceptors (Lipinski definition) is 4. The SMILES string of the molecule is CC(C)(C)OC(=O)N1CCC(Oc2ccc(C(=O)O)cc2C2CCCC2)C1. The number of benzene rings is 1. The molecule has 148 valence electrons. The van der Waals surface area contributed by atoms with Gasteiger partial charge in [-0.15, -0.1) is 0 Å². The van der Waals surface area contributed by atoms with Crippen LogP contribution in [0.4, 0.5) is 4.79 Å². The molecule has 1 aromatic rings. The summed E-state index contributed by atoms with van der Waals surface area (Å²) in [6.07, 6.45) is 4.78. The maximum Gasteiger partial charge on any atom is 0.410 e. The molecule has 0 aromatic heterocycles. The van der Waals surface area contributed by atoms with Crippen molar-refractivity contribution in [2.45, 2.75) is 70.5 Å². The van der Waals surface area contributed by atoms with Crippen LogP contribution in [0.3, 0.4) is 0 Å². The van der Waals surface area contributed by atoms with Crippen LogP contribution in [0.5, 0.6) is 5.75 Å². The van der Waals surface area contributed by atoms with Gasteiger partial charge in [0.1, 0.15) is 17.5 Å². The first kappa shape index (κ1) is 19.5. The molecule has 1 unspecified atom stereocenters. The Morgan fingerprint density at radius 1 is 1.15 bits per heavy atom. The number of ether oxygens (including phenoxy) is 2. The Hall–Kier alpha value is -2.24. The van der Waals surface area contributed by atoms with Crippen LogP contribution >= 0.6 is 0 Å². The lowest BCUT2D eigenvalue weighted by Gasteiger charge is -2.24. The first-order chi connectivity index (χ1) is 12.7. The zero-order valence-corrected chi connectivity index (χ0v) is 16.4. The first-order valence-corrected chi connectivity index (χ1v) is 9.75. The fourth-order valence-corrected chi connectivity index (χ4v) is 3.84. The highest BCUT2D eigenvalue weighted by atomic mass is 16.6. The van der Waals surface area contributed by atoms with Crippen molar-refractivity contribution in [3.8, 4) is 5.75 Å². The second-order valence-electron chi connectivity index (χ2n) is 8.49. The van der Waals surface area contributed by atoms with Crippen LogP contribution in [0.1, 0.15) is 74.7 Å². The fraction of sp³-hybridized carbons (Fsp3) is 0.619. The van der Waals surface area contributed by atoms with Gasteiger partial charge in [0.25, 0.3) is 0 Å². The average molecular weight is 375 g/mol. The summed E-state index contributed by atoms with van der Waals surface area (Å²) in [5, 5.41) is 9.32. The van der Waals surface area contributed by atoms with Gasteiger partial charge in [-0.25, -0.2) is 9.59 Å². The molecule has 2 aliphatic rings. The van der Waals surface area contributed by atoms with Crippen molar-refractivity contribution in [2.75, 3.05) is 13.1 Å². The smallest absolute Gasteiger partial charge is 0.410 e. The van der Waals surface area contributed by atoms with E-state index in [9.17, 15) is 14.7 Å². The molecule has 0 spiro atoms. The van der Waals surface area contributed by atoms with Gasteiger partial charge in [0, 0.05) is 13.0 Å². The van der Waals surface area contributed by atoms with Gasteiger partial charge in [0.05, 0.1) is 12.1 Å². The highest BCUT2D eigenvalue weighted by molar-refractivity contribution is 5.88. The van der Waals surface area contributed by atoms with Gasteiger partial charge < -0.3 is 19.5 Å². The van der Waals surface area contributed by atoms with Crippen LogP contribution in [-0.2, 0) is 4.74 Å². The van der Waals surface area contributed by atoms with E-state index in [1.807, 2.05) is 20.8 Å². The molecule has 1 aliphatic carbocycles. The number of carboxylic acid groups (broad SMARTS) is 1. The Bertz CT molecular complexity index is 703. The van der Waals surface area contributed by atoms with Crippen LogP contribution in [0.25, 0.3) is 0 Å². The molecule has 1 aromatic carbocycles. The van der Waals surface area contributed by atoms with E-state index in [1.54, 1.807) is 23.1 Å². The number of carbonyl (C=O) groups is 2. The van der Waals surface area contributed by atoms with Crippen molar-refractivity contribution in [2.24, 2.45) is 0 Å². The standard InChI is InChI=1S/C21H29NO5/c1-21(2,3)27-20(25)22-11-10-16(13-22)26-18-9-8-15(19(23)24)12-17(18)14-6-4-5-7-14/h8-9,12,14,16H,4-7,10-11,13H2,1-3H3,(H,23,24). The topological polar surface area (TPSA) is 76.1 Å². The Morgan fingerprint density at radius 2 is 1.85 bits per heavy atom. The Balaban J connectivity index is 1.70. The molecule has 0 radical (unpaired) electrons. The summed E-state index contributed by atoms with van der Waals surface area (Å²) in [4.78, 5) is 25.3. The van der Waals surface area contributed by atoms with E-state index in [-0.39, 0.29) is 12.2 Å². The molecule has 1 saturated carbocycles. The molecule has 2 fully saturated rings. The van der Waals surface area contributed by atoms with Crippen molar-refractivity contribution >= 4 is 12.1 Å². The minimum absolute atomic E-state index is 0.103. The molecule has 1 aliphatic heterocycles. The molecule has 1 N–H and O–H groups in total. The summed E-state index contributed by atoms with van der Waals surface area (Å²) < 4.78 is 11.7. The molecule has 1 amide bonds. The van der Waals surface area contributed by atoms with Crippen LogP contribution in [0, 0.1) is 0 Å². The molecule has 0 bridgehead atoms. The Labute approximate surface area is 160 Å². The zero-order valence-electron chi connectivity index (χ0n) is 16.4. The highest BCUT2D eigenvalue weighted by Crippen LogP contribution is 2.40. The summed E-state index contributed by atoms with van der Waals surface area (Å²) in [7, 11) is 0. The monoisotopic (exact) mass is 375 g/mol. The quantitative estimate of drug-likeness (QED) is 0.842. The van der Waals surface area contributed by atoms with Crippen molar-refractivity contribution in [1.82, 2.24) is 4.90 Å². The van der Waals surface area contributed by atoms with E-state index >= 15 is 0 Å². The van der Waals surface area contributed by atoms with Crippen molar-refractivity contribution in [3.05, 3.63) is 29.3 Å². The molecule has 3 rings (SSSR count). The van der Waals surface area contributed by atoms with Gasteiger partial charge in [-0.2, -0.15) is 0 Å². The minimum Gasteiger partial charge on any atom is -0.488 e. The lowest BCUT2D eigenvalue weighted by Crippen LogP contribution is -2.36. The van der Waals surface area contributed by atoms with Crippen LogP contribution in [-0.4, -0.2) is 46.9 Å². The average Bonchev–Trinajstić information content (AvgIpc) is 3.25. The number of hydrogen-bond donors (Lipinski definition) is 1. The minimum atomic E-state index is -0.919. The molecule has 1 heterocycles. The fourth-order valence-electron chi connectivity index (χ4n) is 3.84. The Morgan fingerprint density at radius 3 is 2.48 bits per heavy atom. The maximum atomic E-state index is 12.2. The van der Waals surface area contributed by atoms with Crippen LogP contribution in [0.2, 0.25) is 0 Å². The molecular formula is C21H29NO5. The summed E-state index contributed by atoms with van der Waals surface area (Å²) in [6, 6.07) is 5.12. The number of amides is 1.